The van der Waals surface area contributed by atoms with Crippen LogP contribution in [-0.2, 0) is 11.3 Å². The molecule has 2 aliphatic rings. The summed E-state index contributed by atoms with van der Waals surface area (Å²) < 4.78 is 20.9. The maximum absolute atomic E-state index is 13.5. The monoisotopic (exact) mass is 534 g/mol. The molecule has 4 aromatic rings. The SMILES string of the molecule is N#CC(=CC1CC1)C(=O)N1C=CC(=N)[C@@H]1Cn1nc(-c2ccc(Oc3cccc(F)c3)cc2)c2c(N)ncnc21. The number of aromatic nitrogens is 4. The fourth-order valence-corrected chi connectivity index (χ4v) is 4.59. The smallest absolute Gasteiger partial charge is 0.268 e. The van der Waals surface area contributed by atoms with Gasteiger partial charge in [-0.05, 0) is 61.2 Å². The van der Waals surface area contributed by atoms with Gasteiger partial charge in [0.15, 0.2) is 5.65 Å². The van der Waals surface area contributed by atoms with Crippen molar-refractivity contribution in [2.45, 2.75) is 25.4 Å². The van der Waals surface area contributed by atoms with Gasteiger partial charge in [0.25, 0.3) is 5.91 Å². The molecule has 1 amide bonds. The second-order valence-corrected chi connectivity index (χ2v) is 9.60. The lowest BCUT2D eigenvalue weighted by molar-refractivity contribution is -0.125. The van der Waals surface area contributed by atoms with E-state index in [4.69, 9.17) is 21.0 Å². The number of amides is 1. The number of carbonyl (C=O) groups is 1. The number of carbonyl (C=O) groups excluding carboxylic acids is 1. The number of benzene rings is 2. The normalized spacial score (nSPS) is 16.9. The molecule has 0 spiro atoms. The summed E-state index contributed by atoms with van der Waals surface area (Å²) in [6.07, 6.45) is 8.06. The Morgan fingerprint density at radius 1 is 1.20 bits per heavy atom. The van der Waals surface area contributed by atoms with Crippen LogP contribution in [0, 0.1) is 28.5 Å². The van der Waals surface area contributed by atoms with Gasteiger partial charge in [-0.25, -0.2) is 19.0 Å². The lowest BCUT2D eigenvalue weighted by Crippen LogP contribution is -2.40. The van der Waals surface area contributed by atoms with Crippen molar-refractivity contribution in [3.63, 3.8) is 0 Å². The first kappa shape index (κ1) is 24.9. The number of nitrogens with one attached hydrogen (secondary N) is 1. The van der Waals surface area contributed by atoms with Crippen LogP contribution in [0.15, 0.2) is 78.8 Å². The zero-order chi connectivity index (χ0) is 27.8. The first-order valence-corrected chi connectivity index (χ1v) is 12.6. The minimum Gasteiger partial charge on any atom is -0.457 e. The fourth-order valence-electron chi connectivity index (χ4n) is 4.59. The van der Waals surface area contributed by atoms with Crippen molar-refractivity contribution in [1.82, 2.24) is 24.6 Å². The van der Waals surface area contributed by atoms with E-state index in [0.717, 1.165) is 12.8 Å². The summed E-state index contributed by atoms with van der Waals surface area (Å²) in [6.45, 7) is 0.118. The summed E-state index contributed by atoms with van der Waals surface area (Å²) in [4.78, 5) is 23.1. The van der Waals surface area contributed by atoms with Crippen molar-refractivity contribution in [1.29, 1.82) is 10.7 Å². The van der Waals surface area contributed by atoms with Crippen LogP contribution in [0.4, 0.5) is 10.2 Å². The summed E-state index contributed by atoms with van der Waals surface area (Å²) in [5.41, 5.74) is 8.21. The second kappa shape index (κ2) is 10.1. The van der Waals surface area contributed by atoms with Crippen molar-refractivity contribution in [3.05, 3.63) is 84.6 Å². The molecular weight excluding hydrogens is 511 g/mol. The van der Waals surface area contributed by atoms with Crippen LogP contribution in [0.25, 0.3) is 22.3 Å². The quantitative estimate of drug-likeness (QED) is 0.260. The average molecular weight is 535 g/mol. The number of ether oxygens (including phenoxy) is 1. The van der Waals surface area contributed by atoms with Crippen LogP contribution in [0.5, 0.6) is 11.5 Å². The van der Waals surface area contributed by atoms with E-state index in [1.807, 2.05) is 6.07 Å². The van der Waals surface area contributed by atoms with E-state index < -0.39 is 17.8 Å². The number of anilines is 1. The minimum absolute atomic E-state index is 0.0741. The van der Waals surface area contributed by atoms with Crippen molar-refractivity contribution in [3.8, 4) is 28.8 Å². The summed E-state index contributed by atoms with van der Waals surface area (Å²) in [5.74, 6) is 0.532. The number of fused-ring (bicyclic) bond motifs is 1. The Morgan fingerprint density at radius 3 is 2.73 bits per heavy atom. The van der Waals surface area contributed by atoms with E-state index in [1.54, 1.807) is 53.2 Å². The number of allylic oxidation sites excluding steroid dienone is 1. The molecular formula is C29H23FN8O2. The number of halogens is 1. The van der Waals surface area contributed by atoms with Gasteiger partial charge in [0.1, 0.15) is 46.8 Å². The Hall–Kier alpha value is -5.37. The zero-order valence-electron chi connectivity index (χ0n) is 21.2. The largest absolute Gasteiger partial charge is 0.457 e. The number of nitriles is 1. The number of nitrogen functional groups attached to an aromatic ring is 1. The Balaban J connectivity index is 1.31. The van der Waals surface area contributed by atoms with Crippen LogP contribution in [0.2, 0.25) is 0 Å². The van der Waals surface area contributed by atoms with Gasteiger partial charge >= 0.3 is 0 Å². The first-order valence-electron chi connectivity index (χ1n) is 12.6. The predicted octanol–water partition coefficient (Wildman–Crippen LogP) is 4.61. The molecule has 10 nitrogen and oxygen atoms in total. The summed E-state index contributed by atoms with van der Waals surface area (Å²) in [7, 11) is 0. The van der Waals surface area contributed by atoms with Crippen molar-refractivity contribution in [2.75, 3.05) is 5.73 Å². The van der Waals surface area contributed by atoms with Crippen LogP contribution in [0.3, 0.4) is 0 Å². The van der Waals surface area contributed by atoms with Crippen LogP contribution in [-0.4, -0.2) is 42.3 Å². The van der Waals surface area contributed by atoms with E-state index in [0.29, 0.717) is 33.8 Å². The van der Waals surface area contributed by atoms with Gasteiger partial charge < -0.3 is 20.8 Å². The first-order chi connectivity index (χ1) is 19.4. The molecule has 0 unspecified atom stereocenters. The highest BCUT2D eigenvalue weighted by Gasteiger charge is 2.33. The van der Waals surface area contributed by atoms with E-state index in [1.165, 1.54) is 29.6 Å². The third kappa shape index (κ3) is 4.78. The summed E-state index contributed by atoms with van der Waals surface area (Å²) >= 11 is 0. The average Bonchev–Trinajstić information content (AvgIpc) is 3.60. The molecule has 1 aliphatic carbocycles. The number of rotatable bonds is 7. The molecule has 1 saturated carbocycles. The molecule has 1 fully saturated rings. The summed E-state index contributed by atoms with van der Waals surface area (Å²) in [6, 6.07) is 14.3. The van der Waals surface area contributed by atoms with Crippen LogP contribution >= 0.6 is 0 Å². The van der Waals surface area contributed by atoms with Gasteiger partial charge in [-0.3, -0.25) is 4.79 Å². The molecule has 1 atom stereocenters. The van der Waals surface area contributed by atoms with Crippen molar-refractivity contribution >= 4 is 28.5 Å². The highest BCUT2D eigenvalue weighted by Crippen LogP contribution is 2.34. The van der Waals surface area contributed by atoms with E-state index in [-0.39, 0.29) is 29.6 Å². The van der Waals surface area contributed by atoms with Crippen LogP contribution < -0.4 is 10.5 Å². The molecule has 2 aromatic heterocycles. The van der Waals surface area contributed by atoms with E-state index in [9.17, 15) is 14.4 Å². The van der Waals surface area contributed by atoms with E-state index in [2.05, 4.69) is 9.97 Å². The molecule has 11 heteroatoms. The van der Waals surface area contributed by atoms with Crippen molar-refractivity contribution in [2.24, 2.45) is 5.92 Å². The van der Waals surface area contributed by atoms with Crippen LogP contribution in [0.1, 0.15) is 12.8 Å². The molecule has 198 valence electrons. The predicted molar refractivity (Wildman–Crippen MR) is 146 cm³/mol. The second-order valence-electron chi connectivity index (χ2n) is 9.60. The van der Waals surface area contributed by atoms with Gasteiger partial charge in [0, 0.05) is 17.8 Å². The maximum atomic E-state index is 13.5. The van der Waals surface area contributed by atoms with Crippen molar-refractivity contribution < 1.29 is 13.9 Å². The molecule has 2 aromatic carbocycles. The molecule has 0 radical (unpaired) electrons. The Morgan fingerprint density at radius 2 is 2.00 bits per heavy atom. The number of hydrogen-bond donors (Lipinski definition) is 2. The highest BCUT2D eigenvalue weighted by molar-refractivity contribution is 6.07. The molecule has 3 heterocycles. The fraction of sp³-hybridized carbons (Fsp3) is 0.172. The third-order valence-electron chi connectivity index (χ3n) is 6.78. The third-order valence-corrected chi connectivity index (χ3v) is 6.78. The number of nitrogens with two attached hydrogens (primary N) is 1. The van der Waals surface area contributed by atoms with Gasteiger partial charge in [-0.15, -0.1) is 0 Å². The molecule has 6 rings (SSSR count). The lowest BCUT2D eigenvalue weighted by atomic mass is 10.1. The van der Waals surface area contributed by atoms with Gasteiger partial charge in [0.2, 0.25) is 0 Å². The maximum Gasteiger partial charge on any atom is 0.268 e. The molecule has 3 N–H and O–H groups in total. The Labute approximate surface area is 228 Å². The molecule has 0 bridgehead atoms. The van der Waals surface area contributed by atoms with Gasteiger partial charge in [-0.2, -0.15) is 10.4 Å². The highest BCUT2D eigenvalue weighted by atomic mass is 19.1. The number of nitrogens with zero attached hydrogens (tertiary/aromatic N) is 6. The standard InChI is InChI=1S/C29H23FN8O2/c30-20-2-1-3-22(13-20)40-21-8-6-18(7-9-21)26-25-27(33)34-16-35-28(25)38(36-26)15-24-23(32)10-11-37(24)29(39)19(14-31)12-17-4-5-17/h1-3,6-13,16-17,24,32H,4-5,15H2,(H2,33,34,35)/t24-/m0/s1. The molecule has 1 aliphatic heterocycles. The Kier molecular flexibility index (Phi) is 6.28. The summed E-state index contributed by atoms with van der Waals surface area (Å²) in [5, 5.41) is 23.3. The number of hydrogen-bond acceptors (Lipinski definition) is 8. The molecule has 0 saturated heterocycles. The Bertz CT molecular complexity index is 1750. The molecule has 40 heavy (non-hydrogen) atoms. The minimum atomic E-state index is -0.683. The zero-order valence-corrected chi connectivity index (χ0v) is 21.2. The van der Waals surface area contributed by atoms with E-state index >= 15 is 0 Å². The van der Waals surface area contributed by atoms with Gasteiger partial charge in [0.05, 0.1) is 23.7 Å². The van der Waals surface area contributed by atoms with Gasteiger partial charge in [-0.1, -0.05) is 12.1 Å². The topological polar surface area (TPSA) is 147 Å². The lowest BCUT2D eigenvalue weighted by Gasteiger charge is -2.23.